The first-order valence-electron chi connectivity index (χ1n) is 7.65. The van der Waals surface area contributed by atoms with Crippen LogP contribution in [0.2, 0.25) is 0 Å². The highest BCUT2D eigenvalue weighted by atomic mass is 19.1. The van der Waals surface area contributed by atoms with Crippen LogP contribution < -0.4 is 5.32 Å². The summed E-state index contributed by atoms with van der Waals surface area (Å²) in [7, 11) is 1.97. The van der Waals surface area contributed by atoms with Crippen LogP contribution in [0, 0.1) is 15.9 Å². The molecule has 0 saturated heterocycles. The molecule has 0 unspecified atom stereocenters. The van der Waals surface area contributed by atoms with E-state index in [1.54, 1.807) is 0 Å². The fourth-order valence-corrected chi connectivity index (χ4v) is 2.73. The molecule has 1 heterocycles. The predicted octanol–water partition coefficient (Wildman–Crippen LogP) is 3.67. The van der Waals surface area contributed by atoms with E-state index in [0.717, 1.165) is 35.8 Å². The maximum Gasteiger partial charge on any atom is 0.327 e. The minimum absolute atomic E-state index is 0.199. The number of anilines is 1. The molecule has 3 rings (SSSR count). The molecule has 6 nitrogen and oxygen atoms in total. The third kappa shape index (κ3) is 3.05. The maximum atomic E-state index is 13.6. The maximum absolute atomic E-state index is 13.6. The number of nitrogens with zero attached hydrogens (tertiary/aromatic N) is 3. The lowest BCUT2D eigenvalue weighted by Crippen LogP contribution is -2.08. The second-order valence-electron chi connectivity index (χ2n) is 5.50. The SMILES string of the molecule is Cn1c(CCCNc2cccc(F)c2[N+](=O)[O-])nc2ccccc21. The van der Waals surface area contributed by atoms with E-state index in [1.165, 1.54) is 12.1 Å². The molecular formula is C17H17FN4O2. The monoisotopic (exact) mass is 328 g/mol. The molecule has 0 fully saturated rings. The molecule has 1 aromatic heterocycles. The molecule has 24 heavy (non-hydrogen) atoms. The molecule has 0 spiro atoms. The number of imidazole rings is 1. The van der Waals surface area contributed by atoms with Gasteiger partial charge in [0.2, 0.25) is 5.82 Å². The second-order valence-corrected chi connectivity index (χ2v) is 5.50. The molecule has 0 aliphatic heterocycles. The van der Waals surface area contributed by atoms with Gasteiger partial charge in [0.25, 0.3) is 0 Å². The van der Waals surface area contributed by atoms with E-state index >= 15 is 0 Å². The van der Waals surface area contributed by atoms with Gasteiger partial charge in [0, 0.05) is 20.0 Å². The Morgan fingerprint density at radius 2 is 2.04 bits per heavy atom. The smallest absolute Gasteiger partial charge is 0.327 e. The fraction of sp³-hybridized carbons (Fsp3) is 0.235. The fourth-order valence-electron chi connectivity index (χ4n) is 2.73. The third-order valence-electron chi connectivity index (χ3n) is 3.94. The summed E-state index contributed by atoms with van der Waals surface area (Å²) in [5.74, 6) is 0.118. The standard InChI is InChI=1S/C17H17FN4O2/c1-21-15-9-3-2-7-13(15)20-16(21)10-5-11-19-14-8-4-6-12(18)17(14)22(23)24/h2-4,6-9,19H,5,10-11H2,1H3. The van der Waals surface area contributed by atoms with Gasteiger partial charge in [0.15, 0.2) is 0 Å². The van der Waals surface area contributed by atoms with Crippen LogP contribution in [-0.4, -0.2) is 21.0 Å². The summed E-state index contributed by atoms with van der Waals surface area (Å²) in [5, 5.41) is 13.9. The van der Waals surface area contributed by atoms with E-state index in [2.05, 4.69) is 10.3 Å². The minimum atomic E-state index is -0.833. The van der Waals surface area contributed by atoms with Crippen LogP contribution in [0.5, 0.6) is 0 Å². The number of nitrogens with one attached hydrogen (secondary N) is 1. The molecule has 0 aliphatic rings. The Balaban J connectivity index is 1.64. The summed E-state index contributed by atoms with van der Waals surface area (Å²) in [6.45, 7) is 0.494. The Morgan fingerprint density at radius 3 is 2.79 bits per heavy atom. The average Bonchev–Trinajstić information content (AvgIpc) is 2.88. The number of aromatic nitrogens is 2. The van der Waals surface area contributed by atoms with E-state index in [-0.39, 0.29) is 5.69 Å². The van der Waals surface area contributed by atoms with Crippen LogP contribution in [0.3, 0.4) is 0 Å². The number of benzene rings is 2. The molecule has 3 aromatic rings. The molecule has 124 valence electrons. The molecule has 1 N–H and O–H groups in total. The zero-order valence-electron chi connectivity index (χ0n) is 13.2. The average molecular weight is 328 g/mol. The third-order valence-corrected chi connectivity index (χ3v) is 3.94. The van der Waals surface area contributed by atoms with E-state index in [1.807, 2.05) is 35.9 Å². The summed E-state index contributed by atoms with van der Waals surface area (Å²) >= 11 is 0. The molecule has 0 atom stereocenters. The van der Waals surface area contributed by atoms with E-state index in [0.29, 0.717) is 6.54 Å². The van der Waals surface area contributed by atoms with Crippen LogP contribution in [0.4, 0.5) is 15.8 Å². The first kappa shape index (κ1) is 15.9. The highest BCUT2D eigenvalue weighted by molar-refractivity contribution is 5.75. The molecule has 0 bridgehead atoms. The molecule has 7 heteroatoms. The van der Waals surface area contributed by atoms with Crippen molar-refractivity contribution in [3.05, 3.63) is 64.2 Å². The van der Waals surface area contributed by atoms with E-state index in [9.17, 15) is 14.5 Å². The molecule has 0 aliphatic carbocycles. The number of aryl methyl sites for hydroxylation is 2. The zero-order chi connectivity index (χ0) is 17.1. The van der Waals surface area contributed by atoms with Crippen LogP contribution >= 0.6 is 0 Å². The van der Waals surface area contributed by atoms with Crippen LogP contribution in [0.25, 0.3) is 11.0 Å². The van der Waals surface area contributed by atoms with Crippen molar-refractivity contribution in [2.45, 2.75) is 12.8 Å². The number of nitro benzene ring substituents is 1. The summed E-state index contributed by atoms with van der Waals surface area (Å²) in [6.07, 6.45) is 1.45. The quantitative estimate of drug-likeness (QED) is 0.426. The van der Waals surface area contributed by atoms with Gasteiger partial charge in [-0.25, -0.2) is 4.98 Å². The first-order chi connectivity index (χ1) is 11.6. The van der Waals surface area contributed by atoms with Gasteiger partial charge in [-0.15, -0.1) is 0 Å². The highest BCUT2D eigenvalue weighted by Gasteiger charge is 2.19. The van der Waals surface area contributed by atoms with Crippen molar-refractivity contribution in [1.29, 1.82) is 0 Å². The van der Waals surface area contributed by atoms with E-state index < -0.39 is 16.4 Å². The molecular weight excluding hydrogens is 311 g/mol. The molecule has 0 radical (unpaired) electrons. The molecule has 0 saturated carbocycles. The normalized spacial score (nSPS) is 10.9. The minimum Gasteiger partial charge on any atom is -0.379 e. The lowest BCUT2D eigenvalue weighted by molar-refractivity contribution is -0.386. The van der Waals surface area contributed by atoms with Gasteiger partial charge in [0.1, 0.15) is 11.5 Å². The molecule has 2 aromatic carbocycles. The lowest BCUT2D eigenvalue weighted by atomic mass is 10.2. The first-order valence-corrected chi connectivity index (χ1v) is 7.65. The van der Waals surface area contributed by atoms with Gasteiger partial charge < -0.3 is 9.88 Å². The Morgan fingerprint density at radius 1 is 1.25 bits per heavy atom. The Labute approximate surface area is 138 Å². The van der Waals surface area contributed by atoms with Crippen molar-refractivity contribution in [3.8, 4) is 0 Å². The van der Waals surface area contributed by atoms with Crippen molar-refractivity contribution in [3.63, 3.8) is 0 Å². The van der Waals surface area contributed by atoms with Crippen LogP contribution in [-0.2, 0) is 13.5 Å². The van der Waals surface area contributed by atoms with Crippen LogP contribution in [0.15, 0.2) is 42.5 Å². The second kappa shape index (κ2) is 6.66. The Hall–Kier alpha value is -2.96. The summed E-state index contributed by atoms with van der Waals surface area (Å²) < 4.78 is 15.6. The van der Waals surface area contributed by atoms with Gasteiger partial charge >= 0.3 is 5.69 Å². The van der Waals surface area contributed by atoms with Gasteiger partial charge in [-0.05, 0) is 30.7 Å². The zero-order valence-corrected chi connectivity index (χ0v) is 13.2. The van der Waals surface area contributed by atoms with Crippen molar-refractivity contribution in [2.75, 3.05) is 11.9 Å². The van der Waals surface area contributed by atoms with E-state index in [4.69, 9.17) is 0 Å². The van der Waals surface area contributed by atoms with Crippen LogP contribution in [0.1, 0.15) is 12.2 Å². The Bertz CT molecular complexity index is 891. The largest absolute Gasteiger partial charge is 0.379 e. The topological polar surface area (TPSA) is 73.0 Å². The van der Waals surface area contributed by atoms with Crippen molar-refractivity contribution in [1.82, 2.24) is 9.55 Å². The van der Waals surface area contributed by atoms with Gasteiger partial charge in [-0.3, -0.25) is 10.1 Å². The highest BCUT2D eigenvalue weighted by Crippen LogP contribution is 2.27. The van der Waals surface area contributed by atoms with Crippen molar-refractivity contribution < 1.29 is 9.31 Å². The van der Waals surface area contributed by atoms with Crippen molar-refractivity contribution in [2.24, 2.45) is 7.05 Å². The number of halogens is 1. The number of nitro groups is 1. The summed E-state index contributed by atoms with van der Waals surface area (Å²) in [4.78, 5) is 14.8. The number of hydrogen-bond acceptors (Lipinski definition) is 4. The number of hydrogen-bond donors (Lipinski definition) is 1. The number of para-hydroxylation sites is 3. The lowest BCUT2D eigenvalue weighted by Gasteiger charge is -2.07. The summed E-state index contributed by atoms with van der Waals surface area (Å²) in [5.41, 5.74) is 1.70. The number of rotatable bonds is 6. The Kier molecular flexibility index (Phi) is 4.41. The molecule has 0 amide bonds. The predicted molar refractivity (Wildman–Crippen MR) is 90.6 cm³/mol. The van der Waals surface area contributed by atoms with Gasteiger partial charge in [-0.2, -0.15) is 4.39 Å². The van der Waals surface area contributed by atoms with Gasteiger partial charge in [0.05, 0.1) is 16.0 Å². The number of fused-ring (bicyclic) bond motifs is 1. The van der Waals surface area contributed by atoms with Gasteiger partial charge in [-0.1, -0.05) is 18.2 Å². The summed E-state index contributed by atoms with van der Waals surface area (Å²) in [6, 6.07) is 11.9. The van der Waals surface area contributed by atoms with Crippen molar-refractivity contribution >= 4 is 22.4 Å².